The molecule has 2 aliphatic rings. The Balaban J connectivity index is 2.02. The summed E-state index contributed by atoms with van der Waals surface area (Å²) in [7, 11) is 7.56. The van der Waals surface area contributed by atoms with Gasteiger partial charge in [0.1, 0.15) is 0 Å². The van der Waals surface area contributed by atoms with Crippen LogP contribution in [-0.2, 0) is 4.65 Å². The predicted octanol–water partition coefficient (Wildman–Crippen LogP) is 2.47. The van der Waals surface area contributed by atoms with Crippen LogP contribution in [0.3, 0.4) is 0 Å². The van der Waals surface area contributed by atoms with Crippen LogP contribution in [0, 0.1) is 17.8 Å². The Labute approximate surface area is 93.4 Å². The van der Waals surface area contributed by atoms with Gasteiger partial charge in [0.25, 0.3) is 6.92 Å². The lowest BCUT2D eigenvalue weighted by atomic mass is 9.45. The molecule has 0 spiro atoms. The van der Waals surface area contributed by atoms with Crippen molar-refractivity contribution < 1.29 is 4.65 Å². The molecule has 1 aliphatic carbocycles. The highest BCUT2D eigenvalue weighted by atomic mass is 35.5. The third kappa shape index (κ3) is 1.99. The zero-order valence-electron chi connectivity index (χ0n) is 8.79. The van der Waals surface area contributed by atoms with Crippen LogP contribution in [0.4, 0.5) is 0 Å². The lowest BCUT2D eigenvalue weighted by Gasteiger charge is -2.44. The van der Waals surface area contributed by atoms with Crippen molar-refractivity contribution in [2.45, 2.75) is 37.2 Å². The quantitative estimate of drug-likeness (QED) is 0.502. The second kappa shape index (κ2) is 4.49. The van der Waals surface area contributed by atoms with Gasteiger partial charge in [-0.1, -0.05) is 6.32 Å². The van der Waals surface area contributed by atoms with Crippen LogP contribution in [0.15, 0.2) is 0 Å². The largest absolute Gasteiger partial charge is 0.438 e. The lowest BCUT2D eigenvalue weighted by Crippen LogP contribution is -2.42. The van der Waals surface area contributed by atoms with Crippen molar-refractivity contribution in [3.63, 3.8) is 0 Å². The van der Waals surface area contributed by atoms with Gasteiger partial charge in [-0.2, -0.15) is 0 Å². The monoisotopic (exact) mass is 210 g/mol. The molecule has 2 rings (SSSR count). The van der Waals surface area contributed by atoms with E-state index in [0.29, 0.717) is 18.8 Å². The molecular formula is C10H17B2ClO. The van der Waals surface area contributed by atoms with E-state index in [-0.39, 0.29) is 5.38 Å². The highest BCUT2D eigenvalue weighted by molar-refractivity contribution is 6.52. The third-order valence-electron chi connectivity index (χ3n) is 3.97. The van der Waals surface area contributed by atoms with E-state index in [1.807, 2.05) is 7.11 Å². The Morgan fingerprint density at radius 1 is 1.43 bits per heavy atom. The van der Waals surface area contributed by atoms with Crippen LogP contribution in [0.1, 0.15) is 12.8 Å². The summed E-state index contributed by atoms with van der Waals surface area (Å²) in [5.74, 6) is 1.99. The first-order valence-corrected chi connectivity index (χ1v) is 6.05. The summed E-state index contributed by atoms with van der Waals surface area (Å²) in [6.07, 6.45) is 5.61. The summed E-state index contributed by atoms with van der Waals surface area (Å²) in [5.41, 5.74) is 0. The van der Waals surface area contributed by atoms with E-state index < -0.39 is 0 Å². The van der Waals surface area contributed by atoms with E-state index in [0.717, 1.165) is 18.6 Å². The minimum atomic E-state index is 0.286. The Bertz CT molecular complexity index is 201. The Morgan fingerprint density at radius 2 is 2.21 bits per heavy atom. The van der Waals surface area contributed by atoms with Crippen molar-refractivity contribution in [1.82, 2.24) is 0 Å². The van der Waals surface area contributed by atoms with Gasteiger partial charge in [0, 0.05) is 12.5 Å². The average Bonchev–Trinajstić information content (AvgIpc) is 2.23. The Morgan fingerprint density at radius 3 is 2.86 bits per heavy atom. The molecule has 2 radical (unpaired) electrons. The van der Waals surface area contributed by atoms with Crippen LogP contribution < -0.4 is 0 Å². The molecule has 0 N–H and O–H groups in total. The maximum Gasteiger partial charge on any atom is 0.293 e. The van der Waals surface area contributed by atoms with Gasteiger partial charge < -0.3 is 4.65 Å². The number of hydrogen-bond donors (Lipinski definition) is 0. The van der Waals surface area contributed by atoms with Crippen molar-refractivity contribution in [1.29, 1.82) is 0 Å². The van der Waals surface area contributed by atoms with Gasteiger partial charge >= 0.3 is 0 Å². The summed E-state index contributed by atoms with van der Waals surface area (Å²) >= 11 is 6.43. The van der Waals surface area contributed by atoms with Crippen molar-refractivity contribution >= 4 is 26.4 Å². The molecular weight excluding hydrogens is 193 g/mol. The summed E-state index contributed by atoms with van der Waals surface area (Å²) in [6.45, 7) is 0.443. The van der Waals surface area contributed by atoms with E-state index in [2.05, 4.69) is 0 Å². The molecule has 4 atom stereocenters. The summed E-state index contributed by atoms with van der Waals surface area (Å²) in [4.78, 5) is 0. The SMILES string of the molecule is [B]CC1CC2CB(OC)CC(C2)C1Cl. The van der Waals surface area contributed by atoms with Crippen LogP contribution in [0.25, 0.3) is 0 Å². The first-order valence-electron chi connectivity index (χ1n) is 5.61. The molecule has 0 aromatic heterocycles. The highest BCUT2D eigenvalue weighted by Crippen LogP contribution is 2.46. The summed E-state index contributed by atoms with van der Waals surface area (Å²) in [6, 6.07) is 0. The minimum Gasteiger partial charge on any atom is -0.438 e. The number of rotatable bonds is 2. The van der Waals surface area contributed by atoms with Crippen LogP contribution in [0.5, 0.6) is 0 Å². The first-order chi connectivity index (χ1) is 6.74. The topological polar surface area (TPSA) is 9.23 Å². The molecule has 14 heavy (non-hydrogen) atoms. The second-order valence-electron chi connectivity index (χ2n) is 4.87. The summed E-state index contributed by atoms with van der Waals surface area (Å²) in [5, 5.41) is 0.286. The molecule has 0 aromatic rings. The van der Waals surface area contributed by atoms with Crippen molar-refractivity contribution in [2.75, 3.05) is 7.11 Å². The maximum atomic E-state index is 6.43. The molecule has 76 valence electrons. The number of hydrogen-bond acceptors (Lipinski definition) is 1. The first kappa shape index (κ1) is 10.9. The molecule has 4 unspecified atom stereocenters. The van der Waals surface area contributed by atoms with E-state index in [9.17, 15) is 0 Å². The highest BCUT2D eigenvalue weighted by Gasteiger charge is 2.42. The molecule has 2 fully saturated rings. The molecule has 2 bridgehead atoms. The van der Waals surface area contributed by atoms with Gasteiger partial charge in [0.05, 0.1) is 7.85 Å². The Kier molecular flexibility index (Phi) is 3.49. The standard InChI is InChI=1S/C10H17B2ClO/c1-14-12-5-7-2-8(4-11)10(13)9(3-7)6-12/h7-10H,2-6H2,1H3. The minimum absolute atomic E-state index is 0.286. The fraction of sp³-hybridized carbons (Fsp3) is 1.00. The number of fused-ring (bicyclic) bond motifs is 2. The average molecular weight is 210 g/mol. The van der Waals surface area contributed by atoms with Crippen LogP contribution in [0.2, 0.25) is 19.0 Å². The molecule has 1 saturated heterocycles. The molecule has 4 heteroatoms. The molecule has 0 aromatic carbocycles. The second-order valence-corrected chi connectivity index (χ2v) is 5.37. The Hall–Kier alpha value is 0.380. The fourth-order valence-corrected chi connectivity index (χ4v) is 3.65. The van der Waals surface area contributed by atoms with Crippen molar-refractivity contribution in [2.24, 2.45) is 17.8 Å². The third-order valence-corrected chi connectivity index (χ3v) is 4.68. The van der Waals surface area contributed by atoms with E-state index in [4.69, 9.17) is 24.1 Å². The van der Waals surface area contributed by atoms with Gasteiger partial charge in [0.2, 0.25) is 0 Å². The van der Waals surface area contributed by atoms with E-state index in [1.54, 1.807) is 0 Å². The van der Waals surface area contributed by atoms with Gasteiger partial charge in [-0.15, -0.1) is 11.6 Å². The predicted molar refractivity (Wildman–Crippen MR) is 62.3 cm³/mol. The lowest BCUT2D eigenvalue weighted by molar-refractivity contribution is 0.209. The van der Waals surface area contributed by atoms with Gasteiger partial charge in [0.15, 0.2) is 0 Å². The molecule has 1 aliphatic heterocycles. The summed E-state index contributed by atoms with van der Waals surface area (Å²) < 4.78 is 5.45. The van der Waals surface area contributed by atoms with Gasteiger partial charge in [-0.05, 0) is 43.2 Å². The molecule has 0 amide bonds. The van der Waals surface area contributed by atoms with Crippen LogP contribution in [-0.4, -0.2) is 27.2 Å². The maximum absolute atomic E-state index is 6.43. The van der Waals surface area contributed by atoms with Crippen molar-refractivity contribution in [3.8, 4) is 0 Å². The fourth-order valence-electron chi connectivity index (χ4n) is 3.24. The molecule has 1 saturated carbocycles. The van der Waals surface area contributed by atoms with Gasteiger partial charge in [-0.25, -0.2) is 0 Å². The van der Waals surface area contributed by atoms with Gasteiger partial charge in [-0.3, -0.25) is 0 Å². The van der Waals surface area contributed by atoms with Crippen LogP contribution >= 0.6 is 11.6 Å². The molecule has 1 nitrogen and oxygen atoms in total. The number of halogens is 1. The van der Waals surface area contributed by atoms with E-state index >= 15 is 0 Å². The molecule has 1 heterocycles. The zero-order valence-corrected chi connectivity index (χ0v) is 9.54. The normalized spacial score (nSPS) is 42.6. The van der Waals surface area contributed by atoms with Crippen molar-refractivity contribution in [3.05, 3.63) is 0 Å². The number of alkyl halides is 1. The van der Waals surface area contributed by atoms with E-state index in [1.165, 1.54) is 19.2 Å². The smallest absolute Gasteiger partial charge is 0.293 e. The zero-order chi connectivity index (χ0) is 10.1.